The molecule has 32 heavy (non-hydrogen) atoms. The number of amides is 2. The van der Waals surface area contributed by atoms with Gasteiger partial charge in [-0.25, -0.2) is 14.8 Å². The highest BCUT2D eigenvalue weighted by molar-refractivity contribution is 7.15. The SMILES string of the molecule is Cc1cnc(NC(=O)N2c3nc(N4CCCC(C(F)(F)F)C4)ccc3N3CCC[C@@H]2C3)s1. The fraction of sp³-hybridized carbons (Fsp3) is 0.571. The molecule has 2 fully saturated rings. The van der Waals surface area contributed by atoms with Crippen LogP contribution in [-0.2, 0) is 0 Å². The molecule has 5 heterocycles. The summed E-state index contributed by atoms with van der Waals surface area (Å²) >= 11 is 1.40. The normalized spacial score (nSPS) is 23.2. The third-order valence-corrected chi connectivity index (χ3v) is 7.26. The highest BCUT2D eigenvalue weighted by atomic mass is 32.1. The number of alkyl halides is 3. The van der Waals surface area contributed by atoms with E-state index in [1.54, 1.807) is 22.1 Å². The van der Waals surface area contributed by atoms with Crippen LogP contribution in [0.4, 0.5) is 40.4 Å². The van der Waals surface area contributed by atoms with Crippen molar-refractivity contribution in [2.24, 2.45) is 5.92 Å². The van der Waals surface area contributed by atoms with E-state index in [9.17, 15) is 18.0 Å². The monoisotopic (exact) mass is 466 g/mol. The Labute approximate surface area is 188 Å². The van der Waals surface area contributed by atoms with E-state index < -0.39 is 12.1 Å². The Balaban J connectivity index is 1.46. The smallest absolute Gasteiger partial charge is 0.366 e. The molecule has 2 aromatic heterocycles. The second-order valence-electron chi connectivity index (χ2n) is 8.66. The maximum absolute atomic E-state index is 13.3. The summed E-state index contributed by atoms with van der Waals surface area (Å²) in [5.41, 5.74) is 0.847. The quantitative estimate of drug-likeness (QED) is 0.698. The summed E-state index contributed by atoms with van der Waals surface area (Å²) in [5.74, 6) is -0.357. The molecule has 0 radical (unpaired) electrons. The van der Waals surface area contributed by atoms with Gasteiger partial charge in [-0.3, -0.25) is 10.2 Å². The van der Waals surface area contributed by atoms with Gasteiger partial charge in [0, 0.05) is 37.3 Å². The van der Waals surface area contributed by atoms with Crippen molar-refractivity contribution in [3.63, 3.8) is 0 Å². The molecule has 0 aromatic carbocycles. The van der Waals surface area contributed by atoms with Crippen LogP contribution in [0.15, 0.2) is 18.3 Å². The van der Waals surface area contributed by atoms with Crippen LogP contribution in [0, 0.1) is 12.8 Å². The number of halogens is 3. The van der Waals surface area contributed by atoms with Gasteiger partial charge in [-0.15, -0.1) is 11.3 Å². The molecule has 0 saturated carbocycles. The van der Waals surface area contributed by atoms with Crippen molar-refractivity contribution in [3.8, 4) is 0 Å². The molecule has 172 valence electrons. The summed E-state index contributed by atoms with van der Waals surface area (Å²) in [5, 5.41) is 3.40. The molecule has 2 saturated heterocycles. The molecule has 0 aliphatic carbocycles. The zero-order valence-corrected chi connectivity index (χ0v) is 18.5. The van der Waals surface area contributed by atoms with Crippen molar-refractivity contribution in [1.82, 2.24) is 9.97 Å². The van der Waals surface area contributed by atoms with Crippen LogP contribution < -0.4 is 20.0 Å². The van der Waals surface area contributed by atoms with Gasteiger partial charge < -0.3 is 9.80 Å². The average molecular weight is 467 g/mol. The molecule has 1 unspecified atom stereocenters. The first-order valence-corrected chi connectivity index (χ1v) is 11.7. The Hall–Kier alpha value is -2.56. The largest absolute Gasteiger partial charge is 0.393 e. The Morgan fingerprint density at radius 2 is 1.94 bits per heavy atom. The molecule has 3 aliphatic rings. The van der Waals surface area contributed by atoms with E-state index in [0.717, 1.165) is 36.5 Å². The maximum atomic E-state index is 13.3. The number of thiazole rings is 1. The summed E-state index contributed by atoms with van der Waals surface area (Å²) in [4.78, 5) is 28.8. The first kappa shape index (κ1) is 21.3. The highest BCUT2D eigenvalue weighted by Gasteiger charge is 2.43. The van der Waals surface area contributed by atoms with Crippen LogP contribution in [0.3, 0.4) is 0 Å². The fourth-order valence-corrected chi connectivity index (χ4v) is 5.52. The number of urea groups is 1. The molecule has 11 heteroatoms. The molecule has 2 atom stereocenters. The molecule has 2 amide bonds. The van der Waals surface area contributed by atoms with Crippen LogP contribution in [0.1, 0.15) is 30.6 Å². The predicted octanol–water partition coefficient (Wildman–Crippen LogP) is 4.65. The van der Waals surface area contributed by atoms with Gasteiger partial charge in [0.15, 0.2) is 10.9 Å². The number of nitrogens with one attached hydrogen (secondary N) is 1. The summed E-state index contributed by atoms with van der Waals surface area (Å²) in [6, 6.07) is 3.34. The number of aryl methyl sites for hydroxylation is 1. The van der Waals surface area contributed by atoms with E-state index >= 15 is 0 Å². The fourth-order valence-electron chi connectivity index (χ4n) is 4.87. The number of carbonyl (C=O) groups is 1. The Kier molecular flexibility index (Phi) is 5.39. The Morgan fingerprint density at radius 1 is 1.16 bits per heavy atom. The molecule has 2 aromatic rings. The standard InChI is InChI=1S/C21H25F3N6OS/c1-13-10-25-19(32-13)27-20(31)30-15-5-3-8-28(12-15)16-6-7-17(26-18(16)30)29-9-2-4-14(11-29)21(22,23)24/h6-7,10,14-15H,2-5,8-9,11-12H2,1H3,(H,25,27,31)/t14?,15-/m1/s1. The number of aromatic nitrogens is 2. The molecule has 0 spiro atoms. The number of carbonyl (C=O) groups excluding carboxylic acids is 1. The minimum atomic E-state index is -4.21. The van der Waals surface area contributed by atoms with Crippen LogP contribution in [-0.4, -0.2) is 54.4 Å². The van der Waals surface area contributed by atoms with E-state index in [1.807, 2.05) is 13.0 Å². The number of nitrogens with zero attached hydrogens (tertiary/aromatic N) is 5. The van der Waals surface area contributed by atoms with Crippen LogP contribution in [0.2, 0.25) is 0 Å². The van der Waals surface area contributed by atoms with Gasteiger partial charge in [0.05, 0.1) is 17.6 Å². The van der Waals surface area contributed by atoms with Gasteiger partial charge in [0.25, 0.3) is 0 Å². The van der Waals surface area contributed by atoms with Crippen LogP contribution in [0.25, 0.3) is 0 Å². The number of hydrogen-bond donors (Lipinski definition) is 1. The van der Waals surface area contributed by atoms with Gasteiger partial charge in [-0.2, -0.15) is 13.2 Å². The van der Waals surface area contributed by atoms with E-state index in [0.29, 0.717) is 29.7 Å². The third kappa shape index (κ3) is 3.98. The molecule has 2 bridgehead atoms. The average Bonchev–Trinajstić information content (AvgIpc) is 3.17. The van der Waals surface area contributed by atoms with Crippen molar-refractivity contribution in [3.05, 3.63) is 23.2 Å². The Bertz CT molecular complexity index is 1010. The lowest BCUT2D eigenvalue weighted by Gasteiger charge is -2.46. The van der Waals surface area contributed by atoms with Crippen molar-refractivity contribution in [2.75, 3.05) is 46.2 Å². The number of rotatable bonds is 2. The lowest BCUT2D eigenvalue weighted by atomic mass is 9.97. The predicted molar refractivity (Wildman–Crippen MR) is 119 cm³/mol. The molecular weight excluding hydrogens is 441 g/mol. The molecule has 3 aliphatic heterocycles. The summed E-state index contributed by atoms with van der Waals surface area (Å²) in [6.45, 7) is 3.94. The molecule has 7 nitrogen and oxygen atoms in total. The number of pyridine rings is 1. The van der Waals surface area contributed by atoms with E-state index in [-0.39, 0.29) is 25.0 Å². The zero-order valence-electron chi connectivity index (χ0n) is 17.7. The van der Waals surface area contributed by atoms with E-state index in [2.05, 4.69) is 15.2 Å². The van der Waals surface area contributed by atoms with Gasteiger partial charge in [0.1, 0.15) is 5.82 Å². The lowest BCUT2D eigenvalue weighted by Crippen LogP contribution is -2.56. The van der Waals surface area contributed by atoms with E-state index in [1.165, 1.54) is 11.3 Å². The van der Waals surface area contributed by atoms with Gasteiger partial charge in [0.2, 0.25) is 0 Å². The van der Waals surface area contributed by atoms with Gasteiger partial charge in [-0.1, -0.05) is 0 Å². The lowest BCUT2D eigenvalue weighted by molar-refractivity contribution is -0.176. The van der Waals surface area contributed by atoms with Gasteiger partial charge in [-0.05, 0) is 44.7 Å². The van der Waals surface area contributed by atoms with E-state index in [4.69, 9.17) is 4.98 Å². The molecule has 5 rings (SSSR count). The number of anilines is 4. The summed E-state index contributed by atoms with van der Waals surface area (Å²) in [6.07, 6.45) is -0.0881. The molecule has 1 N–H and O–H groups in total. The topological polar surface area (TPSA) is 64.6 Å². The number of hydrogen-bond acceptors (Lipinski definition) is 6. The third-order valence-electron chi connectivity index (χ3n) is 6.43. The van der Waals surface area contributed by atoms with Crippen molar-refractivity contribution < 1.29 is 18.0 Å². The molecular formula is C21H25F3N6OS. The van der Waals surface area contributed by atoms with Crippen LogP contribution >= 0.6 is 11.3 Å². The van der Waals surface area contributed by atoms with Crippen LogP contribution in [0.5, 0.6) is 0 Å². The minimum Gasteiger partial charge on any atom is -0.366 e. The minimum absolute atomic E-state index is 0.0376. The second-order valence-corrected chi connectivity index (χ2v) is 9.89. The highest BCUT2D eigenvalue weighted by Crippen LogP contribution is 2.41. The Morgan fingerprint density at radius 3 is 2.69 bits per heavy atom. The maximum Gasteiger partial charge on any atom is 0.393 e. The summed E-state index contributed by atoms with van der Waals surface area (Å²) in [7, 11) is 0. The number of fused-ring (bicyclic) bond motifs is 4. The first-order chi connectivity index (χ1) is 15.3. The second kappa shape index (κ2) is 8.09. The van der Waals surface area contributed by atoms with Crippen molar-refractivity contribution >= 4 is 39.8 Å². The van der Waals surface area contributed by atoms with Crippen molar-refractivity contribution in [1.29, 1.82) is 0 Å². The summed E-state index contributed by atoms with van der Waals surface area (Å²) < 4.78 is 39.9. The zero-order chi connectivity index (χ0) is 22.5. The first-order valence-electron chi connectivity index (χ1n) is 10.9. The van der Waals surface area contributed by atoms with Crippen molar-refractivity contribution in [2.45, 2.75) is 44.8 Å². The number of piperidine rings is 2. The van der Waals surface area contributed by atoms with Gasteiger partial charge >= 0.3 is 12.2 Å².